The Bertz CT molecular complexity index is 1050. The van der Waals surface area contributed by atoms with Crippen molar-refractivity contribution in [3.8, 4) is 11.5 Å². The van der Waals surface area contributed by atoms with Crippen molar-refractivity contribution >= 4 is 15.7 Å². The quantitative estimate of drug-likeness (QED) is 0.696. The maximum atomic E-state index is 13.0. The Morgan fingerprint density at radius 3 is 2.48 bits per heavy atom. The molecule has 0 aliphatic rings. The molecule has 3 aromatic rings. The molecule has 1 N–H and O–H groups in total. The van der Waals surface area contributed by atoms with Crippen molar-refractivity contribution in [3.05, 3.63) is 59.7 Å². The van der Waals surface area contributed by atoms with Crippen LogP contribution in [-0.2, 0) is 16.6 Å². The second kappa shape index (κ2) is 7.45. The lowest BCUT2D eigenvalue weighted by molar-refractivity contribution is 0.514. The first-order chi connectivity index (χ1) is 12.8. The Morgan fingerprint density at radius 2 is 1.81 bits per heavy atom. The van der Waals surface area contributed by atoms with Crippen molar-refractivity contribution in [2.24, 2.45) is 0 Å². The number of benzene rings is 2. The van der Waals surface area contributed by atoms with E-state index >= 15 is 0 Å². The first-order valence-corrected chi connectivity index (χ1v) is 9.57. The van der Waals surface area contributed by atoms with Gasteiger partial charge in [0, 0.05) is 25.3 Å². The van der Waals surface area contributed by atoms with E-state index < -0.39 is 10.0 Å². The highest BCUT2D eigenvalue weighted by molar-refractivity contribution is 7.89. The highest BCUT2D eigenvalue weighted by atomic mass is 32.2. The molecule has 0 aliphatic carbocycles. The van der Waals surface area contributed by atoms with E-state index in [9.17, 15) is 12.8 Å². The molecule has 0 fully saturated rings. The van der Waals surface area contributed by atoms with Crippen LogP contribution in [0, 0.1) is 12.7 Å². The number of nitrogens with zero attached hydrogens (tertiary/aromatic N) is 3. The van der Waals surface area contributed by atoms with Crippen LogP contribution in [0.3, 0.4) is 0 Å². The third-order valence-corrected chi connectivity index (χ3v) is 5.79. The molecule has 0 bridgehead atoms. The molecular formula is C18H19FN4O3S. The van der Waals surface area contributed by atoms with Crippen LogP contribution in [0.1, 0.15) is 11.5 Å². The molecule has 0 radical (unpaired) electrons. The summed E-state index contributed by atoms with van der Waals surface area (Å²) in [5.74, 6) is 0.269. The van der Waals surface area contributed by atoms with Gasteiger partial charge in [-0.15, -0.1) is 10.2 Å². The maximum absolute atomic E-state index is 13.0. The van der Waals surface area contributed by atoms with Gasteiger partial charge in [0.1, 0.15) is 5.82 Å². The summed E-state index contributed by atoms with van der Waals surface area (Å²) in [5.41, 5.74) is 2.15. The van der Waals surface area contributed by atoms with E-state index in [1.807, 2.05) is 6.92 Å². The van der Waals surface area contributed by atoms with Crippen molar-refractivity contribution in [2.75, 3.05) is 19.4 Å². The molecule has 2 aromatic carbocycles. The fraction of sp³-hybridized carbons (Fsp3) is 0.222. The van der Waals surface area contributed by atoms with Crippen molar-refractivity contribution in [3.63, 3.8) is 0 Å². The number of hydrogen-bond donors (Lipinski definition) is 1. The van der Waals surface area contributed by atoms with Crippen LogP contribution >= 0.6 is 0 Å². The summed E-state index contributed by atoms with van der Waals surface area (Å²) in [6, 6.07) is 10.6. The second-order valence-electron chi connectivity index (χ2n) is 6.13. The predicted octanol–water partition coefficient (Wildman–Crippen LogP) is 3.05. The number of sulfonamides is 1. The van der Waals surface area contributed by atoms with Crippen LogP contribution in [0.15, 0.2) is 51.8 Å². The third kappa shape index (κ3) is 4.15. The van der Waals surface area contributed by atoms with E-state index in [4.69, 9.17) is 4.42 Å². The van der Waals surface area contributed by atoms with Gasteiger partial charge in [-0.05, 0) is 48.9 Å². The number of hydrogen-bond acceptors (Lipinski definition) is 6. The minimum absolute atomic E-state index is 0.193. The van der Waals surface area contributed by atoms with Crippen molar-refractivity contribution in [1.29, 1.82) is 0 Å². The van der Waals surface area contributed by atoms with E-state index in [-0.39, 0.29) is 23.1 Å². The van der Waals surface area contributed by atoms with Crippen molar-refractivity contribution < 1.29 is 17.2 Å². The van der Waals surface area contributed by atoms with E-state index in [1.54, 1.807) is 30.3 Å². The zero-order valence-corrected chi connectivity index (χ0v) is 15.9. The summed E-state index contributed by atoms with van der Waals surface area (Å²) < 4.78 is 44.3. The molecular weight excluding hydrogens is 371 g/mol. The second-order valence-corrected chi connectivity index (χ2v) is 8.28. The van der Waals surface area contributed by atoms with Crippen LogP contribution in [0.4, 0.5) is 10.1 Å². The fourth-order valence-electron chi connectivity index (χ4n) is 2.37. The molecule has 1 aromatic heterocycles. The molecule has 7 nitrogen and oxygen atoms in total. The first kappa shape index (κ1) is 19.0. The van der Waals surface area contributed by atoms with E-state index in [1.165, 1.54) is 26.2 Å². The van der Waals surface area contributed by atoms with Crippen molar-refractivity contribution in [2.45, 2.75) is 18.4 Å². The highest BCUT2D eigenvalue weighted by Crippen LogP contribution is 2.23. The first-order valence-electron chi connectivity index (χ1n) is 8.13. The Labute approximate surface area is 156 Å². The van der Waals surface area contributed by atoms with Gasteiger partial charge >= 0.3 is 0 Å². The number of rotatable bonds is 6. The molecule has 3 rings (SSSR count). The lowest BCUT2D eigenvalue weighted by Crippen LogP contribution is -2.22. The van der Waals surface area contributed by atoms with E-state index in [0.29, 0.717) is 17.1 Å². The van der Waals surface area contributed by atoms with Gasteiger partial charge in [0.15, 0.2) is 0 Å². The molecule has 0 unspecified atom stereocenters. The Kier molecular flexibility index (Phi) is 5.24. The molecule has 9 heteroatoms. The van der Waals surface area contributed by atoms with Crippen LogP contribution in [-0.4, -0.2) is 37.0 Å². The number of aryl methyl sites for hydroxylation is 1. The van der Waals surface area contributed by atoms with Gasteiger partial charge in [-0.25, -0.2) is 17.1 Å². The lowest BCUT2D eigenvalue weighted by Gasteiger charge is -2.14. The van der Waals surface area contributed by atoms with Crippen LogP contribution in [0.25, 0.3) is 11.5 Å². The largest absolute Gasteiger partial charge is 0.419 e. The minimum Gasteiger partial charge on any atom is -0.419 e. The van der Waals surface area contributed by atoms with Crippen molar-refractivity contribution in [1.82, 2.24) is 14.5 Å². The highest BCUT2D eigenvalue weighted by Gasteiger charge is 2.18. The standard InChI is InChI=1S/C18H19FN4O3S/c1-12-4-9-15(27(24,25)23(2)3)10-16(12)20-11-17-21-22-18(26-17)13-5-7-14(19)8-6-13/h4-10,20H,11H2,1-3H3. The van der Waals surface area contributed by atoms with Gasteiger partial charge in [0.05, 0.1) is 11.4 Å². The van der Waals surface area contributed by atoms with E-state index in [0.717, 1.165) is 9.87 Å². The Balaban J connectivity index is 1.76. The molecule has 1 heterocycles. The monoisotopic (exact) mass is 390 g/mol. The Morgan fingerprint density at radius 1 is 1.11 bits per heavy atom. The minimum atomic E-state index is -3.52. The van der Waals surface area contributed by atoms with Gasteiger partial charge in [0.2, 0.25) is 21.8 Å². The number of anilines is 1. The van der Waals surface area contributed by atoms with E-state index in [2.05, 4.69) is 15.5 Å². The average molecular weight is 390 g/mol. The summed E-state index contributed by atoms with van der Waals surface area (Å²) in [5, 5.41) is 11.0. The summed E-state index contributed by atoms with van der Waals surface area (Å²) in [6.45, 7) is 2.09. The third-order valence-electron chi connectivity index (χ3n) is 3.98. The van der Waals surface area contributed by atoms with Gasteiger partial charge in [-0.1, -0.05) is 6.07 Å². The molecule has 0 atom stereocenters. The SMILES string of the molecule is Cc1ccc(S(=O)(=O)N(C)C)cc1NCc1nnc(-c2ccc(F)cc2)o1. The lowest BCUT2D eigenvalue weighted by atomic mass is 10.2. The summed E-state index contributed by atoms with van der Waals surface area (Å²) in [6.07, 6.45) is 0. The Hall–Kier alpha value is -2.78. The molecule has 0 saturated heterocycles. The fourth-order valence-corrected chi connectivity index (χ4v) is 3.30. The van der Waals surface area contributed by atoms with Crippen LogP contribution < -0.4 is 5.32 Å². The molecule has 0 aliphatic heterocycles. The van der Waals surface area contributed by atoms with Gasteiger partial charge in [-0.3, -0.25) is 0 Å². The topological polar surface area (TPSA) is 88.3 Å². The van der Waals surface area contributed by atoms with Gasteiger partial charge in [0.25, 0.3) is 0 Å². The molecule has 27 heavy (non-hydrogen) atoms. The average Bonchev–Trinajstić information content (AvgIpc) is 3.10. The van der Waals surface area contributed by atoms with Crippen LogP contribution in [0.5, 0.6) is 0 Å². The zero-order valence-electron chi connectivity index (χ0n) is 15.1. The molecule has 0 amide bonds. The van der Waals surface area contributed by atoms with Crippen LogP contribution in [0.2, 0.25) is 0 Å². The smallest absolute Gasteiger partial charge is 0.247 e. The number of halogens is 1. The molecule has 142 valence electrons. The summed E-state index contributed by atoms with van der Waals surface area (Å²) in [4.78, 5) is 0.193. The molecule has 0 saturated carbocycles. The summed E-state index contributed by atoms with van der Waals surface area (Å²) in [7, 11) is -0.556. The predicted molar refractivity (Wildman–Crippen MR) is 99.1 cm³/mol. The van der Waals surface area contributed by atoms with Gasteiger partial charge in [-0.2, -0.15) is 0 Å². The molecule has 0 spiro atoms. The normalized spacial score (nSPS) is 11.7. The number of aromatic nitrogens is 2. The number of nitrogens with one attached hydrogen (secondary N) is 1. The summed E-state index contributed by atoms with van der Waals surface area (Å²) >= 11 is 0. The van der Waals surface area contributed by atoms with Gasteiger partial charge < -0.3 is 9.73 Å². The maximum Gasteiger partial charge on any atom is 0.247 e. The zero-order chi connectivity index (χ0) is 19.6.